The summed E-state index contributed by atoms with van der Waals surface area (Å²) in [5.74, 6) is 0. The molecular weight excluding hydrogens is 170 g/mol. The zero-order valence-corrected chi connectivity index (χ0v) is 9.16. The molecule has 0 radical (unpaired) electrons. The van der Waals surface area contributed by atoms with Gasteiger partial charge in [-0.05, 0) is 43.9 Å². The number of aryl methyl sites for hydroxylation is 1. The highest BCUT2D eigenvalue weighted by Gasteiger charge is 2.27. The molecule has 1 aliphatic carbocycles. The van der Waals surface area contributed by atoms with E-state index in [9.17, 15) is 0 Å². The molecule has 0 bridgehead atoms. The minimum atomic E-state index is 0.826. The van der Waals surface area contributed by atoms with Crippen molar-refractivity contribution in [3.05, 3.63) is 29.8 Å². The Morgan fingerprint density at radius 2 is 2.07 bits per heavy atom. The molecule has 0 amide bonds. The lowest BCUT2D eigenvalue weighted by molar-refractivity contribution is 0.825. The summed E-state index contributed by atoms with van der Waals surface area (Å²) in [6, 6.07) is 9.79. The maximum absolute atomic E-state index is 2.53. The molecule has 14 heavy (non-hydrogen) atoms. The van der Waals surface area contributed by atoms with E-state index in [1.165, 1.54) is 24.1 Å². The van der Waals surface area contributed by atoms with E-state index in [2.05, 4.69) is 43.0 Å². The predicted octanol–water partition coefficient (Wildman–Crippen LogP) is 3.24. The molecule has 0 aromatic heterocycles. The fourth-order valence-corrected chi connectivity index (χ4v) is 1.99. The maximum Gasteiger partial charge on any atom is 0.0371 e. The van der Waals surface area contributed by atoms with Gasteiger partial charge in [-0.25, -0.2) is 0 Å². The first-order valence-electron chi connectivity index (χ1n) is 5.70. The van der Waals surface area contributed by atoms with Crippen LogP contribution in [0.25, 0.3) is 0 Å². The van der Waals surface area contributed by atoms with Gasteiger partial charge in [-0.3, -0.25) is 0 Å². The Morgan fingerprint density at radius 1 is 1.29 bits per heavy atom. The summed E-state index contributed by atoms with van der Waals surface area (Å²) in [7, 11) is 0. The normalized spacial score (nSPS) is 15.6. The zero-order valence-electron chi connectivity index (χ0n) is 9.16. The van der Waals surface area contributed by atoms with E-state index in [1.807, 2.05) is 0 Å². The van der Waals surface area contributed by atoms with Crippen molar-refractivity contribution in [2.45, 2.75) is 39.2 Å². The molecule has 1 aliphatic rings. The number of nitrogens with zero attached hydrogens (tertiary/aromatic N) is 1. The Hall–Kier alpha value is -0.980. The van der Waals surface area contributed by atoms with Crippen molar-refractivity contribution in [2.24, 2.45) is 0 Å². The predicted molar refractivity (Wildman–Crippen MR) is 61.9 cm³/mol. The highest BCUT2D eigenvalue weighted by Crippen LogP contribution is 2.31. The fraction of sp³-hybridized carbons (Fsp3) is 0.538. The van der Waals surface area contributed by atoms with Crippen LogP contribution in [0.15, 0.2) is 24.3 Å². The molecule has 2 rings (SSSR count). The van der Waals surface area contributed by atoms with Gasteiger partial charge in [0.15, 0.2) is 0 Å². The molecular formula is C13H19N. The molecule has 0 aliphatic heterocycles. The Labute approximate surface area is 86.7 Å². The van der Waals surface area contributed by atoms with Crippen LogP contribution in [0.3, 0.4) is 0 Å². The molecule has 0 N–H and O–H groups in total. The topological polar surface area (TPSA) is 3.24 Å². The van der Waals surface area contributed by atoms with E-state index >= 15 is 0 Å². The van der Waals surface area contributed by atoms with Gasteiger partial charge in [0, 0.05) is 18.3 Å². The van der Waals surface area contributed by atoms with Crippen LogP contribution in [-0.4, -0.2) is 12.6 Å². The van der Waals surface area contributed by atoms with Gasteiger partial charge in [0.05, 0.1) is 0 Å². The summed E-state index contributed by atoms with van der Waals surface area (Å²) in [5.41, 5.74) is 2.86. The number of benzene rings is 1. The SMILES string of the molecule is CCc1cccc(N(CC)C2CC2)c1. The number of hydrogen-bond acceptors (Lipinski definition) is 1. The molecule has 0 atom stereocenters. The van der Waals surface area contributed by atoms with Gasteiger partial charge >= 0.3 is 0 Å². The second-order valence-corrected chi connectivity index (χ2v) is 4.04. The number of rotatable bonds is 4. The van der Waals surface area contributed by atoms with E-state index in [-0.39, 0.29) is 0 Å². The Balaban J connectivity index is 2.20. The molecule has 0 unspecified atom stereocenters. The van der Waals surface area contributed by atoms with Crippen molar-refractivity contribution in [3.63, 3.8) is 0 Å². The van der Waals surface area contributed by atoms with Crippen LogP contribution in [0, 0.1) is 0 Å². The average molecular weight is 189 g/mol. The van der Waals surface area contributed by atoms with Gasteiger partial charge in [0.2, 0.25) is 0 Å². The van der Waals surface area contributed by atoms with Crippen LogP contribution < -0.4 is 4.90 Å². The lowest BCUT2D eigenvalue weighted by Crippen LogP contribution is -2.24. The molecule has 1 heteroatoms. The standard InChI is InChI=1S/C13H19N/c1-3-11-6-5-7-13(10-11)14(4-2)12-8-9-12/h5-7,10,12H,3-4,8-9H2,1-2H3. The Kier molecular flexibility index (Phi) is 2.76. The van der Waals surface area contributed by atoms with Crippen molar-refractivity contribution >= 4 is 5.69 Å². The first-order chi connectivity index (χ1) is 6.85. The van der Waals surface area contributed by atoms with Crippen molar-refractivity contribution in [1.29, 1.82) is 0 Å². The summed E-state index contributed by atoms with van der Waals surface area (Å²) in [4.78, 5) is 2.53. The molecule has 0 spiro atoms. The molecule has 1 aromatic carbocycles. The van der Waals surface area contributed by atoms with E-state index < -0.39 is 0 Å². The minimum Gasteiger partial charge on any atom is -0.369 e. The van der Waals surface area contributed by atoms with Crippen LogP contribution in [0.5, 0.6) is 0 Å². The highest BCUT2D eigenvalue weighted by atomic mass is 15.2. The maximum atomic E-state index is 2.53. The van der Waals surface area contributed by atoms with E-state index in [0.717, 1.165) is 19.0 Å². The molecule has 0 saturated heterocycles. The number of hydrogen-bond donors (Lipinski definition) is 0. The monoisotopic (exact) mass is 189 g/mol. The Morgan fingerprint density at radius 3 is 2.64 bits per heavy atom. The molecule has 1 fully saturated rings. The van der Waals surface area contributed by atoms with Gasteiger partial charge in [0.1, 0.15) is 0 Å². The van der Waals surface area contributed by atoms with Crippen LogP contribution in [-0.2, 0) is 6.42 Å². The van der Waals surface area contributed by atoms with Crippen LogP contribution >= 0.6 is 0 Å². The van der Waals surface area contributed by atoms with Crippen molar-refractivity contribution < 1.29 is 0 Å². The van der Waals surface area contributed by atoms with Gasteiger partial charge < -0.3 is 4.90 Å². The third-order valence-corrected chi connectivity index (χ3v) is 2.98. The molecule has 1 saturated carbocycles. The van der Waals surface area contributed by atoms with E-state index in [0.29, 0.717) is 0 Å². The van der Waals surface area contributed by atoms with Crippen molar-refractivity contribution in [2.75, 3.05) is 11.4 Å². The summed E-state index contributed by atoms with van der Waals surface area (Å²) in [5, 5.41) is 0. The first kappa shape index (κ1) is 9.57. The summed E-state index contributed by atoms with van der Waals surface area (Å²) in [6.45, 7) is 5.60. The molecule has 1 nitrogen and oxygen atoms in total. The highest BCUT2D eigenvalue weighted by molar-refractivity contribution is 5.50. The zero-order chi connectivity index (χ0) is 9.97. The lowest BCUT2D eigenvalue weighted by atomic mass is 10.1. The second kappa shape index (κ2) is 4.04. The van der Waals surface area contributed by atoms with E-state index in [4.69, 9.17) is 0 Å². The van der Waals surface area contributed by atoms with Gasteiger partial charge in [0.25, 0.3) is 0 Å². The third-order valence-electron chi connectivity index (χ3n) is 2.98. The third kappa shape index (κ3) is 1.92. The average Bonchev–Trinajstić information content (AvgIpc) is 3.04. The number of anilines is 1. The van der Waals surface area contributed by atoms with Gasteiger partial charge in [-0.15, -0.1) is 0 Å². The minimum absolute atomic E-state index is 0.826. The molecule has 76 valence electrons. The summed E-state index contributed by atoms with van der Waals surface area (Å²) in [6.07, 6.45) is 3.89. The van der Waals surface area contributed by atoms with Crippen molar-refractivity contribution in [3.8, 4) is 0 Å². The van der Waals surface area contributed by atoms with E-state index in [1.54, 1.807) is 0 Å². The van der Waals surface area contributed by atoms with Gasteiger partial charge in [-0.1, -0.05) is 19.1 Å². The lowest BCUT2D eigenvalue weighted by Gasteiger charge is -2.23. The van der Waals surface area contributed by atoms with Crippen molar-refractivity contribution in [1.82, 2.24) is 0 Å². The van der Waals surface area contributed by atoms with Crippen LogP contribution in [0.4, 0.5) is 5.69 Å². The molecule has 0 heterocycles. The quantitative estimate of drug-likeness (QED) is 0.703. The molecule has 1 aromatic rings. The smallest absolute Gasteiger partial charge is 0.0371 e. The summed E-state index contributed by atoms with van der Waals surface area (Å²) < 4.78 is 0. The summed E-state index contributed by atoms with van der Waals surface area (Å²) >= 11 is 0. The second-order valence-electron chi connectivity index (χ2n) is 4.04. The fourth-order valence-electron chi connectivity index (χ4n) is 1.99. The first-order valence-corrected chi connectivity index (χ1v) is 5.70. The largest absolute Gasteiger partial charge is 0.369 e. The van der Waals surface area contributed by atoms with Gasteiger partial charge in [-0.2, -0.15) is 0 Å². The Bertz CT molecular complexity index is 302. The van der Waals surface area contributed by atoms with Crippen LogP contribution in [0.2, 0.25) is 0 Å². The van der Waals surface area contributed by atoms with Crippen LogP contribution in [0.1, 0.15) is 32.3 Å².